The summed E-state index contributed by atoms with van der Waals surface area (Å²) in [5, 5.41) is 18.9. The minimum atomic E-state index is -0.366. The van der Waals surface area contributed by atoms with Crippen LogP contribution in [0.3, 0.4) is 0 Å². The standard InChI is InChI=1S/C27H23ClFN5OS/c28-25-16-21(29)12-10-20(25)18-35-26-13-11-19-6-4-5-9-23(19)24(26)17-30-14-15-36-27-31-32-33-34(27)22-7-2-1-3-8-22/h1-13,16,30H,14-15,17-18H2. The maximum atomic E-state index is 13.4. The number of thioether (sulfide) groups is 1. The summed E-state index contributed by atoms with van der Waals surface area (Å²) < 4.78 is 21.3. The molecule has 0 amide bonds. The number of tetrazole rings is 1. The molecular weight excluding hydrogens is 497 g/mol. The summed E-state index contributed by atoms with van der Waals surface area (Å²) in [6.45, 7) is 1.62. The van der Waals surface area contributed by atoms with Gasteiger partial charge in [-0.15, -0.1) is 5.10 Å². The third-order valence-electron chi connectivity index (χ3n) is 5.65. The number of rotatable bonds is 10. The van der Waals surface area contributed by atoms with Gasteiger partial charge in [-0.1, -0.05) is 78.0 Å². The zero-order valence-corrected chi connectivity index (χ0v) is 20.8. The molecule has 4 aromatic carbocycles. The predicted molar refractivity (Wildman–Crippen MR) is 141 cm³/mol. The summed E-state index contributed by atoms with van der Waals surface area (Å²) in [6, 6.07) is 26.4. The summed E-state index contributed by atoms with van der Waals surface area (Å²) in [4.78, 5) is 0. The fourth-order valence-electron chi connectivity index (χ4n) is 3.86. The minimum Gasteiger partial charge on any atom is -0.488 e. The third-order valence-corrected chi connectivity index (χ3v) is 6.92. The van der Waals surface area contributed by atoms with Crippen molar-refractivity contribution in [3.63, 3.8) is 0 Å². The zero-order valence-electron chi connectivity index (χ0n) is 19.3. The van der Waals surface area contributed by atoms with E-state index in [4.69, 9.17) is 16.3 Å². The third kappa shape index (κ3) is 5.67. The van der Waals surface area contributed by atoms with Gasteiger partial charge in [-0.2, -0.15) is 4.68 Å². The van der Waals surface area contributed by atoms with Crippen molar-refractivity contribution in [3.05, 3.63) is 107 Å². The Balaban J connectivity index is 1.24. The molecule has 1 heterocycles. The van der Waals surface area contributed by atoms with E-state index in [2.05, 4.69) is 33.0 Å². The van der Waals surface area contributed by atoms with Crippen LogP contribution in [0.2, 0.25) is 5.02 Å². The fraction of sp³-hybridized carbons (Fsp3) is 0.148. The molecule has 0 fully saturated rings. The van der Waals surface area contributed by atoms with Crippen LogP contribution in [0.1, 0.15) is 11.1 Å². The molecule has 0 aliphatic carbocycles. The van der Waals surface area contributed by atoms with Crippen LogP contribution < -0.4 is 10.1 Å². The van der Waals surface area contributed by atoms with Crippen LogP contribution in [0.5, 0.6) is 5.75 Å². The molecule has 9 heteroatoms. The van der Waals surface area contributed by atoms with E-state index < -0.39 is 0 Å². The van der Waals surface area contributed by atoms with Gasteiger partial charge < -0.3 is 10.1 Å². The van der Waals surface area contributed by atoms with Crippen LogP contribution in [0, 0.1) is 5.82 Å². The van der Waals surface area contributed by atoms with E-state index in [0.29, 0.717) is 11.6 Å². The van der Waals surface area contributed by atoms with Crippen molar-refractivity contribution in [1.82, 2.24) is 25.5 Å². The molecule has 0 aliphatic heterocycles. The van der Waals surface area contributed by atoms with Crippen molar-refractivity contribution in [2.75, 3.05) is 12.3 Å². The van der Waals surface area contributed by atoms with Crippen molar-refractivity contribution in [2.45, 2.75) is 18.3 Å². The number of ether oxygens (including phenoxy) is 1. The second kappa shape index (κ2) is 11.5. The quantitative estimate of drug-likeness (QED) is 0.178. The lowest BCUT2D eigenvalue weighted by Gasteiger charge is -2.16. The number of fused-ring (bicyclic) bond motifs is 1. The maximum absolute atomic E-state index is 13.4. The molecule has 0 radical (unpaired) electrons. The normalized spacial score (nSPS) is 11.2. The van der Waals surface area contributed by atoms with Crippen LogP contribution in [-0.2, 0) is 13.2 Å². The first-order chi connectivity index (χ1) is 17.7. The number of nitrogens with zero attached hydrogens (tertiary/aromatic N) is 4. The Morgan fingerprint density at radius 2 is 1.81 bits per heavy atom. The number of hydrogen-bond acceptors (Lipinski definition) is 6. The molecule has 182 valence electrons. The minimum absolute atomic E-state index is 0.252. The first-order valence-electron chi connectivity index (χ1n) is 11.4. The van der Waals surface area contributed by atoms with Gasteiger partial charge in [0.25, 0.3) is 0 Å². The Labute approximate surface area is 217 Å². The zero-order chi connectivity index (χ0) is 24.7. The number of benzene rings is 4. The van der Waals surface area contributed by atoms with Gasteiger partial charge in [-0.05, 0) is 51.5 Å². The van der Waals surface area contributed by atoms with Crippen molar-refractivity contribution < 1.29 is 9.13 Å². The molecular formula is C27H23ClFN5OS. The molecule has 5 rings (SSSR count). The van der Waals surface area contributed by atoms with E-state index >= 15 is 0 Å². The van der Waals surface area contributed by atoms with Gasteiger partial charge in [0, 0.05) is 30.0 Å². The van der Waals surface area contributed by atoms with Gasteiger partial charge in [0.15, 0.2) is 0 Å². The van der Waals surface area contributed by atoms with Gasteiger partial charge in [0.1, 0.15) is 18.2 Å². The summed E-state index contributed by atoms with van der Waals surface area (Å²) in [5.41, 5.74) is 2.72. The molecule has 1 N–H and O–H groups in total. The molecule has 1 aromatic heterocycles. The number of para-hydroxylation sites is 1. The molecule has 0 bridgehead atoms. The molecule has 6 nitrogen and oxygen atoms in total. The average molecular weight is 520 g/mol. The van der Waals surface area contributed by atoms with Gasteiger partial charge in [-0.25, -0.2) is 4.39 Å². The van der Waals surface area contributed by atoms with Crippen LogP contribution in [-0.4, -0.2) is 32.5 Å². The summed E-state index contributed by atoms with van der Waals surface area (Å²) in [7, 11) is 0. The van der Waals surface area contributed by atoms with E-state index in [0.717, 1.165) is 50.8 Å². The van der Waals surface area contributed by atoms with Gasteiger partial charge in [-0.3, -0.25) is 0 Å². The Morgan fingerprint density at radius 1 is 0.972 bits per heavy atom. The second-order valence-electron chi connectivity index (χ2n) is 8.02. The lowest BCUT2D eigenvalue weighted by atomic mass is 10.0. The van der Waals surface area contributed by atoms with E-state index in [1.54, 1.807) is 22.5 Å². The SMILES string of the molecule is Fc1ccc(COc2ccc3ccccc3c2CNCCSc2nnnn2-c2ccccc2)c(Cl)c1. The van der Waals surface area contributed by atoms with Crippen molar-refractivity contribution in [3.8, 4) is 11.4 Å². The molecule has 0 spiro atoms. The Kier molecular flexibility index (Phi) is 7.76. The number of nitrogens with one attached hydrogen (secondary N) is 1. The van der Waals surface area contributed by atoms with E-state index in [1.165, 1.54) is 12.1 Å². The predicted octanol–water partition coefficient (Wildman–Crippen LogP) is 6.07. The maximum Gasteiger partial charge on any atom is 0.214 e. The summed E-state index contributed by atoms with van der Waals surface area (Å²) in [6.07, 6.45) is 0. The Morgan fingerprint density at radius 3 is 2.67 bits per heavy atom. The topological polar surface area (TPSA) is 64.9 Å². The van der Waals surface area contributed by atoms with Crippen molar-refractivity contribution in [2.24, 2.45) is 0 Å². The highest BCUT2D eigenvalue weighted by atomic mass is 35.5. The van der Waals surface area contributed by atoms with Gasteiger partial charge in [0.05, 0.1) is 10.7 Å². The first-order valence-corrected chi connectivity index (χ1v) is 12.8. The van der Waals surface area contributed by atoms with Crippen LogP contribution in [0.15, 0.2) is 90.1 Å². The molecule has 36 heavy (non-hydrogen) atoms. The van der Waals surface area contributed by atoms with E-state index in [9.17, 15) is 4.39 Å². The summed E-state index contributed by atoms with van der Waals surface area (Å²) >= 11 is 7.78. The lowest BCUT2D eigenvalue weighted by molar-refractivity contribution is 0.303. The molecule has 5 aromatic rings. The number of hydrogen-bond donors (Lipinski definition) is 1. The largest absolute Gasteiger partial charge is 0.488 e. The van der Waals surface area contributed by atoms with Crippen LogP contribution in [0.25, 0.3) is 16.5 Å². The highest BCUT2D eigenvalue weighted by Crippen LogP contribution is 2.30. The molecule has 0 saturated carbocycles. The van der Waals surface area contributed by atoms with Crippen molar-refractivity contribution in [1.29, 1.82) is 0 Å². The average Bonchev–Trinajstić information content (AvgIpc) is 3.37. The Hall–Kier alpha value is -3.46. The fourth-order valence-corrected chi connectivity index (χ4v) is 4.87. The molecule has 0 saturated heterocycles. The highest BCUT2D eigenvalue weighted by Gasteiger charge is 2.12. The van der Waals surface area contributed by atoms with Crippen LogP contribution >= 0.6 is 23.4 Å². The molecule has 0 aliphatic rings. The summed E-state index contributed by atoms with van der Waals surface area (Å²) in [5.74, 6) is 1.19. The monoisotopic (exact) mass is 519 g/mol. The van der Waals surface area contributed by atoms with Gasteiger partial charge in [0.2, 0.25) is 5.16 Å². The first kappa shape index (κ1) is 24.2. The van der Waals surface area contributed by atoms with Crippen molar-refractivity contribution >= 4 is 34.1 Å². The highest BCUT2D eigenvalue weighted by molar-refractivity contribution is 7.99. The number of halogens is 2. The molecule has 0 atom stereocenters. The Bertz CT molecular complexity index is 1460. The van der Waals surface area contributed by atoms with Crippen LogP contribution in [0.4, 0.5) is 4.39 Å². The lowest BCUT2D eigenvalue weighted by Crippen LogP contribution is -2.18. The second-order valence-corrected chi connectivity index (χ2v) is 9.49. The van der Waals surface area contributed by atoms with E-state index in [1.807, 2.05) is 54.6 Å². The molecule has 0 unspecified atom stereocenters. The van der Waals surface area contributed by atoms with Gasteiger partial charge >= 0.3 is 0 Å². The smallest absolute Gasteiger partial charge is 0.214 e. The number of aromatic nitrogens is 4. The van der Waals surface area contributed by atoms with E-state index in [-0.39, 0.29) is 12.4 Å².